The van der Waals surface area contributed by atoms with Gasteiger partial charge in [-0.05, 0) is 59.5 Å². The summed E-state index contributed by atoms with van der Waals surface area (Å²) in [5.74, 6) is -0.629. The van der Waals surface area contributed by atoms with Crippen LogP contribution in [0.3, 0.4) is 0 Å². The van der Waals surface area contributed by atoms with Crippen molar-refractivity contribution < 1.29 is 9.59 Å². The molecule has 0 bridgehead atoms. The van der Waals surface area contributed by atoms with Crippen LogP contribution in [-0.4, -0.2) is 11.8 Å². The van der Waals surface area contributed by atoms with Gasteiger partial charge in [-0.3, -0.25) is 9.59 Å². The summed E-state index contributed by atoms with van der Waals surface area (Å²) < 4.78 is 0. The average molecular weight is 447 g/mol. The summed E-state index contributed by atoms with van der Waals surface area (Å²) in [6.45, 7) is 10.3. The van der Waals surface area contributed by atoms with Gasteiger partial charge in [0.15, 0.2) is 0 Å². The molecule has 0 radical (unpaired) electrons. The van der Waals surface area contributed by atoms with E-state index in [1.54, 1.807) is 12.1 Å². The van der Waals surface area contributed by atoms with E-state index in [0.717, 1.165) is 16.0 Å². The minimum Gasteiger partial charge on any atom is -0.344 e. The number of thiophene rings is 1. The minimum absolute atomic E-state index is 0.0709. The van der Waals surface area contributed by atoms with Crippen molar-refractivity contribution in [2.24, 2.45) is 0 Å². The van der Waals surface area contributed by atoms with Crippen molar-refractivity contribution >= 4 is 29.2 Å². The molecule has 0 saturated heterocycles. The zero-order chi connectivity index (χ0) is 23.3. The van der Waals surface area contributed by atoms with Gasteiger partial charge in [-0.1, -0.05) is 69.3 Å². The van der Waals surface area contributed by atoms with E-state index in [1.807, 2.05) is 61.7 Å². The third-order valence-corrected chi connectivity index (χ3v) is 6.16. The van der Waals surface area contributed by atoms with Gasteiger partial charge in [-0.25, -0.2) is 0 Å². The van der Waals surface area contributed by atoms with Gasteiger partial charge in [-0.15, -0.1) is 11.3 Å². The minimum atomic E-state index is -0.326. The smallest absolute Gasteiger partial charge is 0.268 e. The normalized spacial score (nSPS) is 12.8. The van der Waals surface area contributed by atoms with Gasteiger partial charge < -0.3 is 10.6 Å². The van der Waals surface area contributed by atoms with Gasteiger partial charge in [-0.2, -0.15) is 0 Å². The molecular formula is C27H30N2O2S. The Hall–Kier alpha value is -3.18. The Morgan fingerprint density at radius 1 is 0.969 bits per heavy atom. The second kappa shape index (κ2) is 9.96. The SMILES string of the molecule is Cc1ccccc1C(=O)N/C(=C\c1cccs1)C(=O)NC(C)c1ccc(C(C)(C)C)cc1. The number of benzene rings is 2. The maximum absolute atomic E-state index is 13.1. The summed E-state index contributed by atoms with van der Waals surface area (Å²) in [6.07, 6.45) is 1.71. The molecule has 0 aliphatic rings. The fourth-order valence-corrected chi connectivity index (χ4v) is 3.98. The molecule has 5 heteroatoms. The molecule has 3 rings (SSSR count). The molecule has 0 fully saturated rings. The predicted octanol–water partition coefficient (Wildman–Crippen LogP) is 6.00. The van der Waals surface area contributed by atoms with Crippen molar-refractivity contribution in [3.05, 3.63) is 98.9 Å². The number of aryl methyl sites for hydroxylation is 1. The molecule has 3 aromatic rings. The summed E-state index contributed by atoms with van der Waals surface area (Å²) >= 11 is 1.51. The average Bonchev–Trinajstić information content (AvgIpc) is 3.26. The van der Waals surface area contributed by atoms with Crippen molar-refractivity contribution in [3.8, 4) is 0 Å². The van der Waals surface area contributed by atoms with Crippen LogP contribution in [0, 0.1) is 6.92 Å². The Morgan fingerprint density at radius 2 is 1.66 bits per heavy atom. The molecule has 0 aliphatic carbocycles. The zero-order valence-corrected chi connectivity index (χ0v) is 20.0. The first-order valence-electron chi connectivity index (χ1n) is 10.7. The van der Waals surface area contributed by atoms with E-state index in [0.29, 0.717) is 5.56 Å². The highest BCUT2D eigenvalue weighted by atomic mass is 32.1. The highest BCUT2D eigenvalue weighted by Gasteiger charge is 2.19. The Balaban J connectivity index is 1.80. The molecule has 1 atom stereocenters. The second-order valence-electron chi connectivity index (χ2n) is 8.91. The third-order valence-electron chi connectivity index (χ3n) is 5.34. The fraction of sp³-hybridized carbons (Fsp3) is 0.259. The molecule has 1 aromatic heterocycles. The lowest BCUT2D eigenvalue weighted by atomic mass is 9.86. The molecule has 2 amide bonds. The lowest BCUT2D eigenvalue weighted by molar-refractivity contribution is -0.118. The number of carbonyl (C=O) groups excluding carboxylic acids is 2. The maximum atomic E-state index is 13.1. The van der Waals surface area contributed by atoms with Gasteiger partial charge in [0.1, 0.15) is 5.70 Å². The van der Waals surface area contributed by atoms with Gasteiger partial charge in [0, 0.05) is 10.4 Å². The first-order chi connectivity index (χ1) is 15.1. The molecule has 0 spiro atoms. The molecular weight excluding hydrogens is 416 g/mol. The number of hydrogen-bond acceptors (Lipinski definition) is 3. The fourth-order valence-electron chi connectivity index (χ4n) is 3.32. The maximum Gasteiger partial charge on any atom is 0.268 e. The number of hydrogen-bond donors (Lipinski definition) is 2. The van der Waals surface area contributed by atoms with E-state index in [-0.39, 0.29) is 29.0 Å². The molecule has 0 saturated carbocycles. The van der Waals surface area contributed by atoms with Crippen LogP contribution < -0.4 is 10.6 Å². The van der Waals surface area contributed by atoms with Crippen LogP contribution in [0.4, 0.5) is 0 Å². The Labute approximate surface area is 194 Å². The molecule has 0 aliphatic heterocycles. The van der Waals surface area contributed by atoms with E-state index in [1.165, 1.54) is 16.9 Å². The molecule has 1 heterocycles. The second-order valence-corrected chi connectivity index (χ2v) is 9.89. The van der Waals surface area contributed by atoms with Gasteiger partial charge in [0.25, 0.3) is 11.8 Å². The van der Waals surface area contributed by atoms with E-state index >= 15 is 0 Å². The monoisotopic (exact) mass is 446 g/mol. The summed E-state index contributed by atoms with van der Waals surface area (Å²) in [4.78, 5) is 26.9. The molecule has 2 N–H and O–H groups in total. The number of nitrogens with one attached hydrogen (secondary N) is 2. The quantitative estimate of drug-likeness (QED) is 0.456. The topological polar surface area (TPSA) is 58.2 Å². The number of carbonyl (C=O) groups is 2. The van der Waals surface area contributed by atoms with Crippen LogP contribution in [0.15, 0.2) is 71.7 Å². The Bertz CT molecular complexity index is 1110. The molecule has 2 aromatic carbocycles. The largest absolute Gasteiger partial charge is 0.344 e. The standard InChI is InChI=1S/C27H30N2O2S/c1-18-9-6-7-11-23(18)25(30)29-24(17-22-10-8-16-32-22)26(31)28-19(2)20-12-14-21(15-13-20)27(3,4)5/h6-17,19H,1-5H3,(H,28,31)(H,29,30)/b24-17-. The van der Waals surface area contributed by atoms with Crippen LogP contribution in [-0.2, 0) is 10.2 Å². The molecule has 166 valence electrons. The van der Waals surface area contributed by atoms with Crippen molar-refractivity contribution in [1.82, 2.24) is 10.6 Å². The first-order valence-corrected chi connectivity index (χ1v) is 11.6. The summed E-state index contributed by atoms with van der Waals surface area (Å²) in [6, 6.07) is 19.2. The van der Waals surface area contributed by atoms with Gasteiger partial charge in [0.2, 0.25) is 0 Å². The molecule has 4 nitrogen and oxygen atoms in total. The summed E-state index contributed by atoms with van der Waals surface area (Å²) in [5.41, 5.74) is 3.94. The summed E-state index contributed by atoms with van der Waals surface area (Å²) in [5, 5.41) is 7.77. The highest BCUT2D eigenvalue weighted by Crippen LogP contribution is 2.24. The lowest BCUT2D eigenvalue weighted by Crippen LogP contribution is -2.36. The lowest BCUT2D eigenvalue weighted by Gasteiger charge is -2.21. The number of rotatable bonds is 6. The van der Waals surface area contributed by atoms with Gasteiger partial charge >= 0.3 is 0 Å². The molecule has 1 unspecified atom stereocenters. The van der Waals surface area contributed by atoms with Crippen molar-refractivity contribution in [3.63, 3.8) is 0 Å². The molecule has 32 heavy (non-hydrogen) atoms. The van der Waals surface area contributed by atoms with Crippen LogP contribution in [0.2, 0.25) is 0 Å². The highest BCUT2D eigenvalue weighted by molar-refractivity contribution is 7.10. The summed E-state index contributed by atoms with van der Waals surface area (Å²) in [7, 11) is 0. The van der Waals surface area contributed by atoms with Crippen molar-refractivity contribution in [2.45, 2.75) is 46.1 Å². The van der Waals surface area contributed by atoms with Crippen LogP contribution in [0.25, 0.3) is 6.08 Å². The van der Waals surface area contributed by atoms with E-state index in [4.69, 9.17) is 0 Å². The van der Waals surface area contributed by atoms with Crippen molar-refractivity contribution in [1.29, 1.82) is 0 Å². The van der Waals surface area contributed by atoms with E-state index in [9.17, 15) is 9.59 Å². The zero-order valence-electron chi connectivity index (χ0n) is 19.2. The van der Waals surface area contributed by atoms with Crippen LogP contribution in [0.1, 0.15) is 65.7 Å². The van der Waals surface area contributed by atoms with E-state index < -0.39 is 0 Å². The van der Waals surface area contributed by atoms with Crippen molar-refractivity contribution in [2.75, 3.05) is 0 Å². The Kier molecular flexibility index (Phi) is 7.31. The van der Waals surface area contributed by atoms with Crippen LogP contribution >= 0.6 is 11.3 Å². The number of amides is 2. The van der Waals surface area contributed by atoms with E-state index in [2.05, 4.69) is 43.5 Å². The predicted molar refractivity (Wildman–Crippen MR) is 133 cm³/mol. The van der Waals surface area contributed by atoms with Gasteiger partial charge in [0.05, 0.1) is 6.04 Å². The Morgan fingerprint density at radius 3 is 2.25 bits per heavy atom. The van der Waals surface area contributed by atoms with Crippen LogP contribution in [0.5, 0.6) is 0 Å². The third kappa shape index (κ3) is 5.95. The first kappa shape index (κ1) is 23.5.